The summed E-state index contributed by atoms with van der Waals surface area (Å²) in [4.78, 5) is 16.1. The van der Waals surface area contributed by atoms with Crippen LogP contribution in [0.3, 0.4) is 0 Å². The summed E-state index contributed by atoms with van der Waals surface area (Å²) in [5, 5.41) is 9.73. The smallest absolute Gasteiger partial charge is 0.416 e. The highest BCUT2D eigenvalue weighted by Crippen LogP contribution is 2.36. The van der Waals surface area contributed by atoms with Gasteiger partial charge < -0.3 is 5.11 Å². The van der Waals surface area contributed by atoms with Gasteiger partial charge in [0.1, 0.15) is 5.01 Å². The van der Waals surface area contributed by atoms with Gasteiger partial charge >= 0.3 is 12.1 Å². The lowest BCUT2D eigenvalue weighted by molar-refractivity contribution is -0.138. The second kappa shape index (κ2) is 6.68. The molecule has 1 aromatic heterocycles. The first-order valence-corrected chi connectivity index (χ1v) is 8.11. The Hall–Kier alpha value is -2.67. The zero-order chi connectivity index (χ0) is 18.0. The summed E-state index contributed by atoms with van der Waals surface area (Å²) in [5.74, 6) is -1.02. The van der Waals surface area contributed by atoms with E-state index in [0.717, 1.165) is 17.7 Å². The number of carboxylic acid groups (broad SMARTS) is 1. The third kappa shape index (κ3) is 3.88. The van der Waals surface area contributed by atoms with Crippen LogP contribution in [0, 0.1) is 0 Å². The number of halogens is 3. The van der Waals surface area contributed by atoms with Gasteiger partial charge in [-0.25, -0.2) is 4.98 Å². The van der Waals surface area contributed by atoms with Crippen molar-refractivity contribution < 1.29 is 23.1 Å². The predicted octanol–water partition coefficient (Wildman–Crippen LogP) is 5.12. The Morgan fingerprint density at radius 1 is 1.00 bits per heavy atom. The van der Waals surface area contributed by atoms with Crippen molar-refractivity contribution in [2.75, 3.05) is 0 Å². The van der Waals surface area contributed by atoms with Crippen LogP contribution in [0.15, 0.2) is 54.6 Å². The molecule has 128 valence electrons. The standard InChI is InChI=1S/C18H12F3NO2S/c19-18(20,21)13-8-6-11(7-9-13)16-14(10-15(23)24)25-17(22-16)12-4-2-1-3-5-12/h1-9H,10H2,(H,23,24). The van der Waals surface area contributed by atoms with Crippen LogP contribution in [0.2, 0.25) is 0 Å². The number of nitrogens with zero attached hydrogens (tertiary/aromatic N) is 1. The van der Waals surface area contributed by atoms with Crippen molar-refractivity contribution in [3.8, 4) is 21.8 Å². The SMILES string of the molecule is O=C(O)Cc1sc(-c2ccccc2)nc1-c1ccc(C(F)(F)F)cc1. The van der Waals surface area contributed by atoms with Crippen LogP contribution in [0.1, 0.15) is 10.4 Å². The lowest BCUT2D eigenvalue weighted by Gasteiger charge is -2.07. The third-order valence-electron chi connectivity index (χ3n) is 3.52. The maximum atomic E-state index is 12.7. The largest absolute Gasteiger partial charge is 0.481 e. The van der Waals surface area contributed by atoms with E-state index in [1.54, 1.807) is 0 Å². The first-order valence-electron chi connectivity index (χ1n) is 7.29. The zero-order valence-corrected chi connectivity index (χ0v) is 13.6. The molecule has 0 aliphatic carbocycles. The molecule has 1 N–H and O–H groups in total. The summed E-state index contributed by atoms with van der Waals surface area (Å²) in [6.07, 6.45) is -4.65. The molecule has 2 aromatic carbocycles. The lowest BCUT2D eigenvalue weighted by Crippen LogP contribution is -2.04. The molecule has 0 radical (unpaired) electrons. The average Bonchev–Trinajstić information content (AvgIpc) is 2.98. The summed E-state index contributed by atoms with van der Waals surface area (Å²) in [7, 11) is 0. The van der Waals surface area contributed by atoms with Gasteiger partial charge in [-0.05, 0) is 12.1 Å². The highest BCUT2D eigenvalue weighted by molar-refractivity contribution is 7.15. The minimum absolute atomic E-state index is 0.235. The van der Waals surface area contributed by atoms with E-state index >= 15 is 0 Å². The average molecular weight is 363 g/mol. The first kappa shape index (κ1) is 17.2. The van der Waals surface area contributed by atoms with Crippen molar-refractivity contribution in [2.24, 2.45) is 0 Å². The summed E-state index contributed by atoms with van der Waals surface area (Å²) in [5.41, 5.74) is 0.939. The Balaban J connectivity index is 2.05. The number of rotatable bonds is 4. The number of benzene rings is 2. The molecule has 0 saturated carbocycles. The van der Waals surface area contributed by atoms with Crippen LogP contribution >= 0.6 is 11.3 Å². The molecule has 3 nitrogen and oxygen atoms in total. The molecule has 0 saturated heterocycles. The molecule has 0 aliphatic heterocycles. The van der Waals surface area contributed by atoms with E-state index in [2.05, 4.69) is 4.98 Å². The van der Waals surface area contributed by atoms with E-state index < -0.39 is 17.7 Å². The predicted molar refractivity (Wildman–Crippen MR) is 89.3 cm³/mol. The monoisotopic (exact) mass is 363 g/mol. The molecule has 0 spiro atoms. The summed E-state index contributed by atoms with van der Waals surface area (Å²) < 4.78 is 38.1. The van der Waals surface area contributed by atoms with Crippen molar-refractivity contribution in [3.63, 3.8) is 0 Å². The molecule has 1 heterocycles. The molecule has 0 atom stereocenters. The van der Waals surface area contributed by atoms with E-state index in [1.807, 2.05) is 30.3 Å². The Morgan fingerprint density at radius 3 is 2.20 bits per heavy atom. The number of carbonyl (C=O) groups is 1. The summed E-state index contributed by atoms with van der Waals surface area (Å²) in [6, 6.07) is 13.8. The van der Waals surface area contributed by atoms with E-state index in [-0.39, 0.29) is 6.42 Å². The van der Waals surface area contributed by atoms with Crippen molar-refractivity contribution in [3.05, 3.63) is 65.0 Å². The van der Waals surface area contributed by atoms with Crippen LogP contribution < -0.4 is 0 Å². The van der Waals surface area contributed by atoms with Crippen molar-refractivity contribution >= 4 is 17.3 Å². The molecule has 3 aromatic rings. The third-order valence-corrected chi connectivity index (χ3v) is 4.62. The van der Waals surface area contributed by atoms with Gasteiger partial charge in [0.15, 0.2) is 0 Å². The van der Waals surface area contributed by atoms with Crippen LogP contribution in [-0.2, 0) is 17.4 Å². The van der Waals surface area contributed by atoms with Crippen molar-refractivity contribution in [1.82, 2.24) is 4.98 Å². The van der Waals surface area contributed by atoms with Gasteiger partial charge in [0.05, 0.1) is 17.7 Å². The van der Waals surface area contributed by atoms with Crippen molar-refractivity contribution in [2.45, 2.75) is 12.6 Å². The second-order valence-corrected chi connectivity index (χ2v) is 6.39. The second-order valence-electron chi connectivity index (χ2n) is 5.30. The normalized spacial score (nSPS) is 11.5. The van der Waals surface area contributed by atoms with Gasteiger partial charge in [0.2, 0.25) is 0 Å². The Bertz CT molecular complexity index is 887. The maximum absolute atomic E-state index is 12.7. The number of hydrogen-bond acceptors (Lipinski definition) is 3. The van der Waals surface area contributed by atoms with Crippen LogP contribution in [0.5, 0.6) is 0 Å². The fraction of sp³-hybridized carbons (Fsp3) is 0.111. The van der Waals surface area contributed by atoms with E-state index in [9.17, 15) is 18.0 Å². The van der Waals surface area contributed by atoms with Gasteiger partial charge in [-0.15, -0.1) is 11.3 Å². The Labute approximate surface area is 145 Å². The first-order chi connectivity index (χ1) is 11.8. The molecular weight excluding hydrogens is 351 g/mol. The van der Waals surface area contributed by atoms with Gasteiger partial charge in [0.25, 0.3) is 0 Å². The van der Waals surface area contributed by atoms with Crippen LogP contribution in [-0.4, -0.2) is 16.1 Å². The quantitative estimate of drug-likeness (QED) is 0.700. The lowest BCUT2D eigenvalue weighted by atomic mass is 10.1. The van der Waals surface area contributed by atoms with Crippen LogP contribution in [0.4, 0.5) is 13.2 Å². The molecule has 0 fully saturated rings. The number of thiazole rings is 1. The van der Waals surface area contributed by atoms with Crippen molar-refractivity contribution in [1.29, 1.82) is 0 Å². The molecular formula is C18H12F3NO2S. The molecule has 0 amide bonds. The van der Waals surface area contributed by atoms with Gasteiger partial charge in [0, 0.05) is 16.0 Å². The topological polar surface area (TPSA) is 50.2 Å². The van der Waals surface area contributed by atoms with Gasteiger partial charge in [-0.3, -0.25) is 4.79 Å². The highest BCUT2D eigenvalue weighted by atomic mass is 32.1. The molecule has 7 heteroatoms. The summed E-state index contributed by atoms with van der Waals surface area (Å²) in [6.45, 7) is 0. The number of carboxylic acids is 1. The minimum atomic E-state index is -4.42. The van der Waals surface area contributed by atoms with E-state index in [4.69, 9.17) is 5.11 Å². The Morgan fingerprint density at radius 2 is 1.64 bits per heavy atom. The number of hydrogen-bond donors (Lipinski definition) is 1. The van der Waals surface area contributed by atoms with Gasteiger partial charge in [-0.1, -0.05) is 42.5 Å². The molecule has 0 unspecified atom stereocenters. The molecule has 3 rings (SSSR count). The van der Waals surface area contributed by atoms with Gasteiger partial charge in [-0.2, -0.15) is 13.2 Å². The molecule has 0 bridgehead atoms. The molecule has 25 heavy (non-hydrogen) atoms. The van der Waals surface area contributed by atoms with E-state index in [1.165, 1.54) is 23.5 Å². The molecule has 0 aliphatic rings. The number of aromatic nitrogens is 1. The fourth-order valence-corrected chi connectivity index (χ4v) is 3.44. The van der Waals surface area contributed by atoms with Crippen LogP contribution in [0.25, 0.3) is 21.8 Å². The Kier molecular flexibility index (Phi) is 4.59. The van der Waals surface area contributed by atoms with E-state index in [0.29, 0.717) is 21.1 Å². The number of alkyl halides is 3. The number of aliphatic carboxylic acids is 1. The zero-order valence-electron chi connectivity index (χ0n) is 12.7. The highest BCUT2D eigenvalue weighted by Gasteiger charge is 2.30. The fourth-order valence-electron chi connectivity index (χ4n) is 2.36. The summed E-state index contributed by atoms with van der Waals surface area (Å²) >= 11 is 1.23. The minimum Gasteiger partial charge on any atom is -0.481 e. The maximum Gasteiger partial charge on any atom is 0.416 e.